The van der Waals surface area contributed by atoms with Gasteiger partial charge in [0, 0.05) is 5.41 Å². The standard InChI is InChI=1S/C25H40O4/c1-13-18-14(24-9-8-21(3,28)15(24)6-7-20(13,24)2)11-25-16(22(4,29)12-26)10-17(27)23(25,5)19(18)25/h13-19,26-29H,6-12H2,1-5H3. The summed E-state index contributed by atoms with van der Waals surface area (Å²) in [5.74, 6) is 2.56. The molecule has 0 saturated heterocycles. The first-order valence-electron chi connectivity index (χ1n) is 12.1. The molecule has 4 heteroatoms. The van der Waals surface area contributed by atoms with Gasteiger partial charge in [-0.3, -0.25) is 0 Å². The van der Waals surface area contributed by atoms with Gasteiger partial charge in [0.15, 0.2) is 0 Å². The molecule has 4 N–H and O–H groups in total. The van der Waals surface area contributed by atoms with Crippen molar-refractivity contribution < 1.29 is 20.4 Å². The molecule has 0 aromatic heterocycles. The Morgan fingerprint density at radius 1 is 1.07 bits per heavy atom. The summed E-state index contributed by atoms with van der Waals surface area (Å²) in [4.78, 5) is 0. The number of hydrogen-bond donors (Lipinski definition) is 4. The quantitative estimate of drug-likeness (QED) is 0.570. The lowest BCUT2D eigenvalue weighted by atomic mass is 9.58. The van der Waals surface area contributed by atoms with Gasteiger partial charge >= 0.3 is 0 Å². The van der Waals surface area contributed by atoms with Crippen LogP contribution in [0.25, 0.3) is 0 Å². The molecule has 0 amide bonds. The van der Waals surface area contributed by atoms with Crippen molar-refractivity contribution in [2.24, 2.45) is 57.2 Å². The van der Waals surface area contributed by atoms with E-state index in [1.807, 2.05) is 0 Å². The zero-order valence-electron chi connectivity index (χ0n) is 18.8. The van der Waals surface area contributed by atoms with Gasteiger partial charge in [0.1, 0.15) is 0 Å². The number of aliphatic hydroxyl groups excluding tert-OH is 2. The topological polar surface area (TPSA) is 80.9 Å². The fraction of sp³-hybridized carbons (Fsp3) is 1.00. The van der Waals surface area contributed by atoms with E-state index in [4.69, 9.17) is 0 Å². The van der Waals surface area contributed by atoms with Crippen LogP contribution in [0, 0.1) is 57.2 Å². The SMILES string of the molecule is CC1C2C(CC34C(C(C)(O)CO)CC(O)C3(C)C24)C23CCC(C)(O)C2CCC13C. The van der Waals surface area contributed by atoms with Crippen molar-refractivity contribution in [1.29, 1.82) is 0 Å². The lowest BCUT2D eigenvalue weighted by Crippen LogP contribution is -2.46. The van der Waals surface area contributed by atoms with Gasteiger partial charge in [-0.15, -0.1) is 0 Å². The van der Waals surface area contributed by atoms with Gasteiger partial charge in [-0.05, 0) is 104 Å². The van der Waals surface area contributed by atoms with E-state index in [2.05, 4.69) is 27.7 Å². The fourth-order valence-electron chi connectivity index (χ4n) is 11.9. The molecule has 2 spiro atoms. The lowest BCUT2D eigenvalue weighted by Gasteiger charge is -2.47. The third-order valence-corrected chi connectivity index (χ3v) is 13.0. The van der Waals surface area contributed by atoms with E-state index in [-0.39, 0.29) is 40.3 Å². The Morgan fingerprint density at radius 2 is 1.76 bits per heavy atom. The van der Waals surface area contributed by atoms with Crippen LogP contribution in [0.15, 0.2) is 0 Å². The lowest BCUT2D eigenvalue weighted by molar-refractivity contribution is -0.0809. The van der Waals surface area contributed by atoms with E-state index in [0.717, 1.165) is 25.7 Å². The molecule has 6 saturated carbocycles. The van der Waals surface area contributed by atoms with Crippen molar-refractivity contribution >= 4 is 0 Å². The van der Waals surface area contributed by atoms with E-state index < -0.39 is 11.2 Å². The normalized spacial score (nSPS) is 68.8. The molecule has 6 aliphatic carbocycles. The van der Waals surface area contributed by atoms with Gasteiger partial charge in [-0.1, -0.05) is 20.8 Å². The second-order valence-corrected chi connectivity index (χ2v) is 13.2. The highest BCUT2D eigenvalue weighted by atomic mass is 16.3. The summed E-state index contributed by atoms with van der Waals surface area (Å²) in [6, 6.07) is 0. The molecule has 13 atom stereocenters. The molecule has 6 fully saturated rings. The van der Waals surface area contributed by atoms with Crippen LogP contribution in [0.3, 0.4) is 0 Å². The summed E-state index contributed by atoms with van der Waals surface area (Å²) >= 11 is 0. The second-order valence-electron chi connectivity index (χ2n) is 13.2. The van der Waals surface area contributed by atoms with Crippen molar-refractivity contribution in [3.63, 3.8) is 0 Å². The Kier molecular flexibility index (Phi) is 3.31. The van der Waals surface area contributed by atoms with Crippen LogP contribution in [0.2, 0.25) is 0 Å². The van der Waals surface area contributed by atoms with Crippen molar-refractivity contribution in [3.8, 4) is 0 Å². The molecule has 6 rings (SSSR count). The Labute approximate surface area is 175 Å². The van der Waals surface area contributed by atoms with E-state index in [1.165, 1.54) is 6.42 Å². The zero-order valence-corrected chi connectivity index (χ0v) is 18.8. The second kappa shape index (κ2) is 4.92. The molecule has 13 unspecified atom stereocenters. The van der Waals surface area contributed by atoms with Gasteiger partial charge in [0.25, 0.3) is 0 Å². The molecule has 0 bridgehead atoms. The molecule has 0 aliphatic heterocycles. The molecule has 6 aliphatic rings. The van der Waals surface area contributed by atoms with Crippen LogP contribution in [-0.4, -0.2) is 44.3 Å². The highest BCUT2D eigenvalue weighted by Gasteiger charge is 2.93. The van der Waals surface area contributed by atoms with Crippen LogP contribution in [0.1, 0.15) is 73.1 Å². The highest BCUT2D eigenvalue weighted by molar-refractivity contribution is 5.40. The van der Waals surface area contributed by atoms with Gasteiger partial charge in [-0.25, -0.2) is 0 Å². The maximum absolute atomic E-state index is 11.3. The van der Waals surface area contributed by atoms with Crippen LogP contribution >= 0.6 is 0 Å². The number of hydrogen-bond acceptors (Lipinski definition) is 4. The Morgan fingerprint density at radius 3 is 2.41 bits per heavy atom. The minimum atomic E-state index is -1.13. The van der Waals surface area contributed by atoms with Gasteiger partial charge in [0.05, 0.1) is 23.9 Å². The van der Waals surface area contributed by atoms with E-state index >= 15 is 0 Å². The Hall–Kier alpha value is -0.160. The first-order valence-corrected chi connectivity index (χ1v) is 12.1. The zero-order chi connectivity index (χ0) is 21.0. The molecular weight excluding hydrogens is 364 g/mol. The molecule has 0 aromatic rings. The molecule has 164 valence electrons. The largest absolute Gasteiger partial charge is 0.393 e. The molecule has 4 nitrogen and oxygen atoms in total. The predicted octanol–water partition coefficient (Wildman–Crippen LogP) is 2.97. The van der Waals surface area contributed by atoms with Crippen LogP contribution in [0.5, 0.6) is 0 Å². The monoisotopic (exact) mass is 404 g/mol. The minimum Gasteiger partial charge on any atom is -0.393 e. The maximum atomic E-state index is 11.3. The maximum Gasteiger partial charge on any atom is 0.0883 e. The fourth-order valence-corrected chi connectivity index (χ4v) is 11.9. The minimum absolute atomic E-state index is 0.0350. The van der Waals surface area contributed by atoms with Crippen molar-refractivity contribution in [3.05, 3.63) is 0 Å². The first-order chi connectivity index (χ1) is 13.4. The van der Waals surface area contributed by atoms with Gasteiger partial charge in [0.2, 0.25) is 0 Å². The predicted molar refractivity (Wildman–Crippen MR) is 110 cm³/mol. The number of rotatable bonds is 2. The summed E-state index contributed by atoms with van der Waals surface area (Å²) in [7, 11) is 0. The van der Waals surface area contributed by atoms with E-state index in [0.29, 0.717) is 36.0 Å². The number of aliphatic hydroxyl groups is 4. The number of fused-ring (bicyclic) bond motifs is 3. The molecular formula is C25H40O4. The first kappa shape index (κ1) is 19.5. The van der Waals surface area contributed by atoms with Crippen LogP contribution in [0.4, 0.5) is 0 Å². The van der Waals surface area contributed by atoms with Crippen molar-refractivity contribution in [2.45, 2.75) is 90.4 Å². The summed E-state index contributed by atoms with van der Waals surface area (Å²) < 4.78 is 0. The third kappa shape index (κ3) is 1.63. The summed E-state index contributed by atoms with van der Waals surface area (Å²) in [5, 5.41) is 43.5. The highest BCUT2D eigenvalue weighted by Crippen LogP contribution is 2.95. The third-order valence-electron chi connectivity index (χ3n) is 13.0. The van der Waals surface area contributed by atoms with Crippen molar-refractivity contribution in [1.82, 2.24) is 0 Å². The van der Waals surface area contributed by atoms with E-state index in [1.54, 1.807) is 6.92 Å². The average Bonchev–Trinajstić information content (AvgIpc) is 3.11. The summed E-state index contributed by atoms with van der Waals surface area (Å²) in [6.45, 7) is 10.9. The van der Waals surface area contributed by atoms with Gasteiger partial charge in [-0.2, -0.15) is 0 Å². The summed E-state index contributed by atoms with van der Waals surface area (Å²) in [5.41, 5.74) is -1.35. The molecule has 29 heavy (non-hydrogen) atoms. The molecule has 0 aromatic carbocycles. The smallest absolute Gasteiger partial charge is 0.0883 e. The summed E-state index contributed by atoms with van der Waals surface area (Å²) in [6.07, 6.45) is 5.72. The Balaban J connectivity index is 1.48. The van der Waals surface area contributed by atoms with Crippen molar-refractivity contribution in [2.75, 3.05) is 6.61 Å². The molecule has 0 radical (unpaired) electrons. The van der Waals surface area contributed by atoms with Gasteiger partial charge < -0.3 is 20.4 Å². The van der Waals surface area contributed by atoms with E-state index in [9.17, 15) is 20.4 Å². The molecule has 0 heterocycles. The van der Waals surface area contributed by atoms with Crippen LogP contribution < -0.4 is 0 Å². The Bertz CT molecular complexity index is 777. The average molecular weight is 405 g/mol. The van der Waals surface area contributed by atoms with Crippen LogP contribution in [-0.2, 0) is 0 Å².